The average molecular weight is 338 g/mol. The minimum atomic E-state index is 0.202. The van der Waals surface area contributed by atoms with Crippen LogP contribution in [0.4, 0.5) is 5.95 Å². The van der Waals surface area contributed by atoms with Crippen molar-refractivity contribution in [3.63, 3.8) is 0 Å². The molecule has 2 aliphatic heterocycles. The number of benzene rings is 1. The Kier molecular flexibility index (Phi) is 4.26. The zero-order valence-corrected chi connectivity index (χ0v) is 14.3. The van der Waals surface area contributed by atoms with E-state index < -0.39 is 0 Å². The number of hydrogen-bond donors (Lipinski definition) is 0. The first kappa shape index (κ1) is 15.9. The smallest absolute Gasteiger partial charge is 0.227 e. The summed E-state index contributed by atoms with van der Waals surface area (Å²) in [6.45, 7) is 1.72. The van der Waals surface area contributed by atoms with Crippen molar-refractivity contribution < 1.29 is 9.53 Å². The fraction of sp³-hybridized carbons (Fsp3) is 0.421. The number of methoxy groups -OCH3 is 1. The zero-order chi connectivity index (χ0) is 17.2. The molecule has 0 bridgehead atoms. The number of carbonyl (C=O) groups is 1. The van der Waals surface area contributed by atoms with Crippen LogP contribution >= 0.6 is 0 Å². The number of aromatic nitrogens is 2. The molecule has 6 heteroatoms. The van der Waals surface area contributed by atoms with Crippen molar-refractivity contribution in [1.82, 2.24) is 14.9 Å². The van der Waals surface area contributed by atoms with Gasteiger partial charge >= 0.3 is 0 Å². The highest BCUT2D eigenvalue weighted by Crippen LogP contribution is 2.33. The molecule has 6 nitrogen and oxygen atoms in total. The molecule has 0 N–H and O–H groups in total. The Balaban J connectivity index is 1.43. The zero-order valence-electron chi connectivity index (χ0n) is 14.3. The van der Waals surface area contributed by atoms with Crippen LogP contribution in [0.5, 0.6) is 5.75 Å². The van der Waals surface area contributed by atoms with Crippen molar-refractivity contribution in [2.45, 2.75) is 31.3 Å². The quantitative estimate of drug-likeness (QED) is 0.852. The second-order valence-corrected chi connectivity index (χ2v) is 6.57. The van der Waals surface area contributed by atoms with Gasteiger partial charge in [0.1, 0.15) is 5.75 Å². The van der Waals surface area contributed by atoms with Crippen LogP contribution < -0.4 is 9.64 Å². The lowest BCUT2D eigenvalue weighted by Gasteiger charge is -2.25. The summed E-state index contributed by atoms with van der Waals surface area (Å²) in [5.41, 5.74) is 1.02. The molecule has 2 saturated heterocycles. The van der Waals surface area contributed by atoms with Crippen LogP contribution in [-0.2, 0) is 11.2 Å². The van der Waals surface area contributed by atoms with Crippen LogP contribution in [0.2, 0.25) is 0 Å². The SMILES string of the molecule is COc1ccc(CC(=O)N2CC[C@H]3[C@@H]2CCN3c2ncccn2)cc1. The Morgan fingerprint density at radius 3 is 2.56 bits per heavy atom. The first-order chi connectivity index (χ1) is 12.3. The summed E-state index contributed by atoms with van der Waals surface area (Å²) < 4.78 is 5.17. The number of amides is 1. The topological polar surface area (TPSA) is 58.6 Å². The molecule has 2 aromatic rings. The summed E-state index contributed by atoms with van der Waals surface area (Å²) in [5, 5.41) is 0. The first-order valence-electron chi connectivity index (χ1n) is 8.72. The molecule has 4 rings (SSSR count). The molecular formula is C19H22N4O2. The van der Waals surface area contributed by atoms with Crippen LogP contribution in [0.3, 0.4) is 0 Å². The third-order valence-electron chi connectivity index (χ3n) is 5.22. The van der Waals surface area contributed by atoms with Gasteiger partial charge in [0.25, 0.3) is 0 Å². The van der Waals surface area contributed by atoms with Crippen LogP contribution in [0.25, 0.3) is 0 Å². The normalized spacial score (nSPS) is 22.1. The summed E-state index contributed by atoms with van der Waals surface area (Å²) >= 11 is 0. The molecule has 130 valence electrons. The van der Waals surface area contributed by atoms with Crippen LogP contribution in [0.1, 0.15) is 18.4 Å². The largest absolute Gasteiger partial charge is 0.497 e. The highest BCUT2D eigenvalue weighted by molar-refractivity contribution is 5.79. The minimum absolute atomic E-state index is 0.202. The van der Waals surface area contributed by atoms with Crippen molar-refractivity contribution in [1.29, 1.82) is 0 Å². The van der Waals surface area contributed by atoms with Gasteiger partial charge in [-0.15, -0.1) is 0 Å². The Morgan fingerprint density at radius 2 is 1.84 bits per heavy atom. The summed E-state index contributed by atoms with van der Waals surface area (Å²) in [7, 11) is 1.65. The van der Waals surface area contributed by atoms with E-state index in [0.717, 1.165) is 43.2 Å². The average Bonchev–Trinajstić information content (AvgIpc) is 3.25. The van der Waals surface area contributed by atoms with E-state index in [4.69, 9.17) is 4.74 Å². The third-order valence-corrected chi connectivity index (χ3v) is 5.22. The molecule has 0 spiro atoms. The van der Waals surface area contributed by atoms with E-state index in [1.54, 1.807) is 19.5 Å². The number of rotatable bonds is 4. The van der Waals surface area contributed by atoms with E-state index in [-0.39, 0.29) is 11.9 Å². The molecule has 2 fully saturated rings. The van der Waals surface area contributed by atoms with Crippen molar-refractivity contribution in [2.75, 3.05) is 25.1 Å². The fourth-order valence-corrected chi connectivity index (χ4v) is 4.00. The number of hydrogen-bond acceptors (Lipinski definition) is 5. The molecule has 0 unspecified atom stereocenters. The Bertz CT molecular complexity index is 735. The number of ether oxygens (including phenoxy) is 1. The molecule has 1 amide bonds. The molecule has 2 aliphatic rings. The van der Waals surface area contributed by atoms with Gasteiger partial charge in [-0.25, -0.2) is 9.97 Å². The van der Waals surface area contributed by atoms with Crippen molar-refractivity contribution in [3.05, 3.63) is 48.3 Å². The van der Waals surface area contributed by atoms with Crippen molar-refractivity contribution >= 4 is 11.9 Å². The Labute approximate surface area is 147 Å². The van der Waals surface area contributed by atoms with Gasteiger partial charge in [-0.05, 0) is 36.6 Å². The summed E-state index contributed by atoms with van der Waals surface area (Å²) in [4.78, 5) is 25.9. The summed E-state index contributed by atoms with van der Waals surface area (Å²) in [5.74, 6) is 1.79. The molecule has 25 heavy (non-hydrogen) atoms. The van der Waals surface area contributed by atoms with E-state index in [1.807, 2.05) is 30.3 Å². The molecule has 3 heterocycles. The first-order valence-corrected chi connectivity index (χ1v) is 8.72. The van der Waals surface area contributed by atoms with Crippen LogP contribution in [0.15, 0.2) is 42.7 Å². The van der Waals surface area contributed by atoms with E-state index >= 15 is 0 Å². The van der Waals surface area contributed by atoms with Gasteiger partial charge in [-0.1, -0.05) is 12.1 Å². The number of fused-ring (bicyclic) bond motifs is 1. The highest BCUT2D eigenvalue weighted by atomic mass is 16.5. The number of nitrogens with zero attached hydrogens (tertiary/aromatic N) is 4. The van der Waals surface area contributed by atoms with Gasteiger partial charge in [0.15, 0.2) is 0 Å². The summed E-state index contributed by atoms with van der Waals surface area (Å²) in [6.07, 6.45) is 5.96. The molecule has 2 atom stereocenters. The van der Waals surface area contributed by atoms with E-state index in [1.165, 1.54) is 0 Å². The van der Waals surface area contributed by atoms with Crippen LogP contribution in [-0.4, -0.2) is 53.1 Å². The number of anilines is 1. The Morgan fingerprint density at radius 1 is 1.12 bits per heavy atom. The molecule has 1 aromatic carbocycles. The van der Waals surface area contributed by atoms with E-state index in [2.05, 4.69) is 19.8 Å². The van der Waals surface area contributed by atoms with Gasteiger partial charge in [0.05, 0.1) is 25.6 Å². The molecule has 0 saturated carbocycles. The second-order valence-electron chi connectivity index (χ2n) is 6.57. The molecular weight excluding hydrogens is 316 g/mol. The Hall–Kier alpha value is -2.63. The van der Waals surface area contributed by atoms with Crippen molar-refractivity contribution in [2.24, 2.45) is 0 Å². The predicted octanol–water partition coefficient (Wildman–Crippen LogP) is 1.91. The van der Waals surface area contributed by atoms with Gasteiger partial charge in [0, 0.05) is 25.5 Å². The highest BCUT2D eigenvalue weighted by Gasteiger charge is 2.45. The van der Waals surface area contributed by atoms with Crippen LogP contribution in [0, 0.1) is 0 Å². The van der Waals surface area contributed by atoms with Gasteiger partial charge in [-0.2, -0.15) is 0 Å². The van der Waals surface area contributed by atoms with Gasteiger partial charge < -0.3 is 14.5 Å². The lowest BCUT2D eigenvalue weighted by molar-refractivity contribution is -0.131. The maximum atomic E-state index is 12.8. The molecule has 0 aliphatic carbocycles. The lowest BCUT2D eigenvalue weighted by Crippen LogP contribution is -2.40. The second kappa shape index (κ2) is 6.70. The minimum Gasteiger partial charge on any atom is -0.497 e. The van der Waals surface area contributed by atoms with Gasteiger partial charge in [0.2, 0.25) is 11.9 Å². The number of likely N-dealkylation sites (tertiary alicyclic amines) is 1. The molecule has 1 aromatic heterocycles. The maximum Gasteiger partial charge on any atom is 0.227 e. The van der Waals surface area contributed by atoms with Crippen molar-refractivity contribution in [3.8, 4) is 5.75 Å². The lowest BCUT2D eigenvalue weighted by atomic mass is 10.1. The third kappa shape index (κ3) is 3.04. The molecule has 0 radical (unpaired) electrons. The summed E-state index contributed by atoms with van der Waals surface area (Å²) in [6, 6.07) is 10.2. The number of carbonyl (C=O) groups excluding carboxylic acids is 1. The maximum absolute atomic E-state index is 12.8. The van der Waals surface area contributed by atoms with E-state index in [0.29, 0.717) is 12.5 Å². The fourth-order valence-electron chi connectivity index (χ4n) is 4.00. The predicted molar refractivity (Wildman–Crippen MR) is 94.6 cm³/mol. The standard InChI is InChI=1S/C19H22N4O2/c1-25-15-5-3-14(4-6-15)13-18(24)22-11-7-17-16(22)8-12-23(17)19-20-9-2-10-21-19/h2-6,9-10,16-17H,7-8,11-13H2,1H3/t16-,17-/m0/s1. The van der Waals surface area contributed by atoms with Gasteiger partial charge in [-0.3, -0.25) is 4.79 Å². The monoisotopic (exact) mass is 338 g/mol. The van der Waals surface area contributed by atoms with E-state index in [9.17, 15) is 4.79 Å².